The fourth-order valence-electron chi connectivity index (χ4n) is 2.11. The second kappa shape index (κ2) is 6.19. The molecule has 0 aliphatic carbocycles. The van der Waals surface area contributed by atoms with Crippen LogP contribution in [0.25, 0.3) is 11.1 Å². The normalized spacial score (nSPS) is 10.2. The summed E-state index contributed by atoms with van der Waals surface area (Å²) in [6, 6.07) is 3.79. The summed E-state index contributed by atoms with van der Waals surface area (Å²) in [6.45, 7) is 0. The molecule has 25 heavy (non-hydrogen) atoms. The molecule has 0 unspecified atom stereocenters. The third-order valence-electron chi connectivity index (χ3n) is 3.22. The van der Waals surface area contributed by atoms with Crippen molar-refractivity contribution in [2.75, 3.05) is 0 Å². The monoisotopic (exact) mass is 349 g/mol. The highest BCUT2D eigenvalue weighted by Crippen LogP contribution is 2.42. The first-order valence-electron chi connectivity index (χ1n) is 6.31. The molecule has 2 rings (SSSR count). The number of nitro benzene ring substituents is 3. The average Bonchev–Trinajstić information content (AvgIpc) is 2.53. The Morgan fingerprint density at radius 1 is 0.840 bits per heavy atom. The lowest BCUT2D eigenvalue weighted by Gasteiger charge is -2.09. The number of aromatic hydroxyl groups is 1. The van der Waals surface area contributed by atoms with Crippen molar-refractivity contribution in [3.63, 3.8) is 0 Å². The molecule has 128 valence electrons. The van der Waals surface area contributed by atoms with Gasteiger partial charge in [-0.15, -0.1) is 0 Å². The third-order valence-corrected chi connectivity index (χ3v) is 3.22. The largest absolute Gasteiger partial charge is 0.502 e. The Labute approximate surface area is 137 Å². The van der Waals surface area contributed by atoms with Crippen LogP contribution in [-0.2, 0) is 0 Å². The zero-order valence-electron chi connectivity index (χ0n) is 12.0. The van der Waals surface area contributed by atoms with Gasteiger partial charge in [0.25, 0.3) is 11.4 Å². The highest BCUT2D eigenvalue weighted by atomic mass is 16.6. The third kappa shape index (κ3) is 3.17. The molecule has 0 fully saturated rings. The van der Waals surface area contributed by atoms with E-state index in [1.54, 1.807) is 0 Å². The Morgan fingerprint density at radius 2 is 1.44 bits per heavy atom. The zero-order chi connectivity index (χ0) is 18.9. The molecular formula is C13H7N3O9. The molecule has 0 aliphatic rings. The van der Waals surface area contributed by atoms with Crippen LogP contribution in [0.3, 0.4) is 0 Å². The van der Waals surface area contributed by atoms with Crippen molar-refractivity contribution in [2.24, 2.45) is 0 Å². The molecule has 12 nitrogen and oxygen atoms in total. The summed E-state index contributed by atoms with van der Waals surface area (Å²) in [4.78, 5) is 41.1. The van der Waals surface area contributed by atoms with E-state index in [1.165, 1.54) is 0 Å². The molecule has 0 aromatic heterocycles. The van der Waals surface area contributed by atoms with Crippen LogP contribution in [0, 0.1) is 30.3 Å². The van der Waals surface area contributed by atoms with Crippen molar-refractivity contribution in [3.05, 3.63) is 66.2 Å². The lowest BCUT2D eigenvalue weighted by atomic mass is 9.97. The summed E-state index contributed by atoms with van der Waals surface area (Å²) in [7, 11) is 0. The van der Waals surface area contributed by atoms with Gasteiger partial charge in [-0.1, -0.05) is 0 Å². The SMILES string of the molecule is O=C(O)c1cc([N+](=O)[O-])ccc1-c1cc([N+](=O)[O-])cc([N+](=O)[O-])c1O. The number of carboxylic acids is 1. The van der Waals surface area contributed by atoms with E-state index < -0.39 is 54.7 Å². The number of hydrogen-bond acceptors (Lipinski definition) is 8. The van der Waals surface area contributed by atoms with Crippen LogP contribution in [-0.4, -0.2) is 31.0 Å². The van der Waals surface area contributed by atoms with Crippen molar-refractivity contribution in [1.29, 1.82) is 0 Å². The minimum absolute atomic E-state index is 0.345. The molecule has 2 aromatic rings. The van der Waals surface area contributed by atoms with Crippen molar-refractivity contribution >= 4 is 23.0 Å². The number of rotatable bonds is 5. The van der Waals surface area contributed by atoms with E-state index in [1.807, 2.05) is 0 Å². The molecule has 0 aliphatic heterocycles. The van der Waals surface area contributed by atoms with Crippen molar-refractivity contribution in [2.45, 2.75) is 0 Å². The Hall–Kier alpha value is -4.09. The minimum Gasteiger partial charge on any atom is -0.502 e. The lowest BCUT2D eigenvalue weighted by molar-refractivity contribution is -0.394. The molecule has 0 saturated carbocycles. The molecule has 12 heteroatoms. The van der Waals surface area contributed by atoms with Crippen LogP contribution >= 0.6 is 0 Å². The van der Waals surface area contributed by atoms with Gasteiger partial charge in [-0.3, -0.25) is 30.3 Å². The summed E-state index contributed by atoms with van der Waals surface area (Å²) >= 11 is 0. The van der Waals surface area contributed by atoms with E-state index in [4.69, 9.17) is 0 Å². The van der Waals surface area contributed by atoms with E-state index in [2.05, 4.69) is 0 Å². The standard InChI is InChI=1S/C13H7N3O9/c17-12-9(4-7(15(22)23)5-11(12)16(24)25)8-2-1-6(14(20)21)3-10(8)13(18)19/h1-5,17H,(H,18,19). The van der Waals surface area contributed by atoms with Crippen molar-refractivity contribution < 1.29 is 29.8 Å². The number of phenolic OH excluding ortho intramolecular Hbond substituents is 1. The van der Waals surface area contributed by atoms with Gasteiger partial charge in [-0.25, -0.2) is 4.79 Å². The van der Waals surface area contributed by atoms with Crippen LogP contribution < -0.4 is 0 Å². The van der Waals surface area contributed by atoms with Gasteiger partial charge in [0.05, 0.1) is 26.4 Å². The number of non-ortho nitro benzene ring substituents is 2. The summed E-state index contributed by atoms with van der Waals surface area (Å²) in [6.07, 6.45) is 0. The Bertz CT molecular complexity index is 939. The molecule has 2 N–H and O–H groups in total. The van der Waals surface area contributed by atoms with Crippen molar-refractivity contribution in [3.8, 4) is 16.9 Å². The molecule has 2 aromatic carbocycles. The van der Waals surface area contributed by atoms with Gasteiger partial charge in [-0.05, 0) is 6.07 Å². The topological polar surface area (TPSA) is 187 Å². The van der Waals surface area contributed by atoms with Gasteiger partial charge in [0, 0.05) is 29.3 Å². The van der Waals surface area contributed by atoms with Crippen molar-refractivity contribution in [1.82, 2.24) is 0 Å². The molecule has 0 atom stereocenters. The smallest absolute Gasteiger partial charge is 0.336 e. The summed E-state index contributed by atoms with van der Waals surface area (Å²) < 4.78 is 0. The maximum Gasteiger partial charge on any atom is 0.336 e. The maximum absolute atomic E-state index is 11.3. The molecule has 0 saturated heterocycles. The Balaban J connectivity index is 2.85. The number of hydrogen-bond donors (Lipinski definition) is 2. The van der Waals surface area contributed by atoms with E-state index in [0.29, 0.717) is 12.1 Å². The Morgan fingerprint density at radius 3 is 1.92 bits per heavy atom. The van der Waals surface area contributed by atoms with Gasteiger partial charge >= 0.3 is 11.7 Å². The predicted octanol–water partition coefficient (Wildman–Crippen LogP) is 2.48. The number of phenols is 1. The number of nitro groups is 3. The van der Waals surface area contributed by atoms with Gasteiger partial charge < -0.3 is 10.2 Å². The molecule has 0 amide bonds. The number of aromatic carboxylic acids is 1. The van der Waals surface area contributed by atoms with Crippen LogP contribution in [0.1, 0.15) is 10.4 Å². The maximum atomic E-state index is 11.3. The van der Waals surface area contributed by atoms with Crippen LogP contribution in [0.5, 0.6) is 5.75 Å². The number of nitrogens with zero attached hydrogens (tertiary/aromatic N) is 3. The van der Waals surface area contributed by atoms with Crippen LogP contribution in [0.15, 0.2) is 30.3 Å². The fraction of sp³-hybridized carbons (Fsp3) is 0. The summed E-state index contributed by atoms with van der Waals surface area (Å²) in [5, 5.41) is 51.9. The molecule has 0 spiro atoms. The van der Waals surface area contributed by atoms with Gasteiger partial charge in [0.1, 0.15) is 0 Å². The lowest BCUT2D eigenvalue weighted by Crippen LogP contribution is -2.02. The van der Waals surface area contributed by atoms with Gasteiger partial charge in [-0.2, -0.15) is 0 Å². The number of carboxylic acid groups (broad SMARTS) is 1. The van der Waals surface area contributed by atoms with E-state index in [0.717, 1.165) is 18.2 Å². The summed E-state index contributed by atoms with van der Waals surface area (Å²) in [5.74, 6) is -2.61. The number of benzene rings is 2. The Kier molecular flexibility index (Phi) is 4.28. The zero-order valence-corrected chi connectivity index (χ0v) is 12.0. The first-order chi connectivity index (χ1) is 11.6. The van der Waals surface area contributed by atoms with Gasteiger partial charge in [0.2, 0.25) is 5.75 Å². The second-order valence-electron chi connectivity index (χ2n) is 4.67. The summed E-state index contributed by atoms with van der Waals surface area (Å²) in [5.41, 5.74) is -3.83. The van der Waals surface area contributed by atoms with E-state index in [-0.39, 0.29) is 5.56 Å². The second-order valence-corrected chi connectivity index (χ2v) is 4.67. The quantitative estimate of drug-likeness (QED) is 0.603. The molecule has 0 bridgehead atoms. The van der Waals surface area contributed by atoms with E-state index in [9.17, 15) is 45.4 Å². The first kappa shape index (κ1) is 17.3. The molecule has 0 radical (unpaired) electrons. The van der Waals surface area contributed by atoms with E-state index >= 15 is 0 Å². The fourth-order valence-corrected chi connectivity index (χ4v) is 2.11. The predicted molar refractivity (Wildman–Crippen MR) is 80.5 cm³/mol. The molecular weight excluding hydrogens is 342 g/mol. The van der Waals surface area contributed by atoms with Crippen LogP contribution in [0.2, 0.25) is 0 Å². The average molecular weight is 349 g/mol. The first-order valence-corrected chi connectivity index (χ1v) is 6.31. The molecule has 0 heterocycles. The minimum atomic E-state index is -1.62. The van der Waals surface area contributed by atoms with Gasteiger partial charge in [0.15, 0.2) is 0 Å². The highest BCUT2D eigenvalue weighted by Gasteiger charge is 2.27. The highest BCUT2D eigenvalue weighted by molar-refractivity contribution is 5.98. The number of carbonyl (C=O) groups is 1. The van der Waals surface area contributed by atoms with Crippen LogP contribution in [0.4, 0.5) is 17.1 Å².